The summed E-state index contributed by atoms with van der Waals surface area (Å²) in [5.74, 6) is -0.854. The molecule has 0 radical (unpaired) electrons. The van der Waals surface area contributed by atoms with Gasteiger partial charge in [0.1, 0.15) is 23.2 Å². The Balaban J connectivity index is 1.61. The second-order valence-electron chi connectivity index (χ2n) is 5.02. The molecule has 0 saturated carbocycles. The average Bonchev–Trinajstić information content (AvgIpc) is 3.04. The molecule has 0 spiro atoms. The quantitative estimate of drug-likeness (QED) is 0.546. The van der Waals surface area contributed by atoms with Gasteiger partial charge in [-0.2, -0.15) is 5.10 Å². The van der Waals surface area contributed by atoms with Crippen molar-refractivity contribution in [2.24, 2.45) is 5.10 Å². The Labute approximate surface area is 142 Å². The third-order valence-electron chi connectivity index (χ3n) is 3.21. The lowest BCUT2D eigenvalue weighted by molar-refractivity contribution is 0.252. The third kappa shape index (κ3) is 4.29. The number of hydrogen-bond acceptors (Lipinski definition) is 3. The molecule has 126 valence electrons. The van der Waals surface area contributed by atoms with Crippen molar-refractivity contribution in [2.45, 2.75) is 0 Å². The predicted octanol–water partition coefficient (Wildman–Crippen LogP) is 4.38. The second kappa shape index (κ2) is 7.39. The molecule has 0 bridgehead atoms. The monoisotopic (exact) mass is 341 g/mol. The molecule has 0 aliphatic rings. The summed E-state index contributed by atoms with van der Waals surface area (Å²) in [4.78, 5) is 11.7. The number of para-hydroxylation sites is 1. The van der Waals surface area contributed by atoms with E-state index in [0.29, 0.717) is 11.4 Å². The van der Waals surface area contributed by atoms with Gasteiger partial charge in [0, 0.05) is 11.8 Å². The van der Waals surface area contributed by atoms with Gasteiger partial charge in [-0.05, 0) is 36.4 Å². The molecule has 2 N–H and O–H groups in total. The Kier molecular flexibility index (Phi) is 4.84. The smallest absolute Gasteiger partial charge is 0.339 e. The number of amides is 2. The highest BCUT2D eigenvalue weighted by Gasteiger charge is 2.10. The average molecular weight is 341 g/mol. The number of nitrogens with zero attached hydrogens (tertiary/aromatic N) is 1. The van der Waals surface area contributed by atoms with Gasteiger partial charge in [-0.25, -0.2) is 19.0 Å². The van der Waals surface area contributed by atoms with E-state index in [1.54, 1.807) is 30.3 Å². The van der Waals surface area contributed by atoms with Crippen LogP contribution < -0.4 is 10.7 Å². The zero-order chi connectivity index (χ0) is 17.6. The van der Waals surface area contributed by atoms with Crippen molar-refractivity contribution in [3.63, 3.8) is 0 Å². The van der Waals surface area contributed by atoms with Gasteiger partial charge < -0.3 is 9.73 Å². The minimum absolute atomic E-state index is 0.135. The number of anilines is 1. The Morgan fingerprint density at radius 3 is 2.60 bits per heavy atom. The highest BCUT2D eigenvalue weighted by Crippen LogP contribution is 2.25. The van der Waals surface area contributed by atoms with Crippen molar-refractivity contribution in [3.05, 3.63) is 78.1 Å². The number of urea groups is 1. The lowest BCUT2D eigenvalue weighted by atomic mass is 10.1. The van der Waals surface area contributed by atoms with E-state index >= 15 is 0 Å². The Morgan fingerprint density at radius 1 is 1.04 bits per heavy atom. The van der Waals surface area contributed by atoms with E-state index in [2.05, 4.69) is 15.8 Å². The second-order valence-corrected chi connectivity index (χ2v) is 5.02. The van der Waals surface area contributed by atoms with Gasteiger partial charge in [0.05, 0.1) is 11.8 Å². The molecule has 25 heavy (non-hydrogen) atoms. The summed E-state index contributed by atoms with van der Waals surface area (Å²) in [6.45, 7) is 0. The lowest BCUT2D eigenvalue weighted by Gasteiger charge is -2.02. The Hall–Kier alpha value is -3.48. The summed E-state index contributed by atoms with van der Waals surface area (Å²) in [7, 11) is 0. The van der Waals surface area contributed by atoms with Gasteiger partial charge in [-0.1, -0.05) is 18.2 Å². The van der Waals surface area contributed by atoms with Gasteiger partial charge in [0.15, 0.2) is 0 Å². The van der Waals surface area contributed by atoms with Crippen LogP contribution in [-0.4, -0.2) is 12.2 Å². The van der Waals surface area contributed by atoms with Gasteiger partial charge >= 0.3 is 6.03 Å². The first-order valence-corrected chi connectivity index (χ1v) is 7.32. The largest absolute Gasteiger partial charge is 0.455 e. The number of hydrazone groups is 1. The van der Waals surface area contributed by atoms with Crippen LogP contribution in [0.4, 0.5) is 19.3 Å². The van der Waals surface area contributed by atoms with E-state index in [0.717, 1.165) is 12.1 Å². The Bertz CT molecular complexity index is 908. The van der Waals surface area contributed by atoms with Gasteiger partial charge in [-0.3, -0.25) is 0 Å². The minimum Gasteiger partial charge on any atom is -0.455 e. The number of nitrogens with one attached hydrogen (secondary N) is 2. The maximum Gasteiger partial charge on any atom is 0.339 e. The van der Waals surface area contributed by atoms with Crippen molar-refractivity contribution in [3.8, 4) is 11.3 Å². The number of halogens is 2. The molecule has 7 heteroatoms. The summed E-state index contributed by atoms with van der Waals surface area (Å²) in [5.41, 5.74) is 3.05. The predicted molar refractivity (Wildman–Crippen MR) is 90.3 cm³/mol. The van der Waals surface area contributed by atoms with Gasteiger partial charge in [0.2, 0.25) is 0 Å². The molecule has 5 nitrogen and oxygen atoms in total. The molecule has 0 fully saturated rings. The van der Waals surface area contributed by atoms with E-state index in [1.165, 1.54) is 18.3 Å². The normalized spacial score (nSPS) is 10.8. The van der Waals surface area contributed by atoms with Gasteiger partial charge in [0.25, 0.3) is 0 Å². The van der Waals surface area contributed by atoms with Crippen molar-refractivity contribution >= 4 is 17.9 Å². The Morgan fingerprint density at radius 2 is 1.84 bits per heavy atom. The zero-order valence-corrected chi connectivity index (χ0v) is 12.9. The highest BCUT2D eigenvalue weighted by molar-refractivity contribution is 5.90. The minimum atomic E-state index is -0.724. The van der Waals surface area contributed by atoms with E-state index < -0.39 is 17.7 Å². The maximum absolute atomic E-state index is 13.7. The molecule has 3 aromatic rings. The molecule has 0 unspecified atom stereocenters. The summed E-state index contributed by atoms with van der Waals surface area (Å²) in [5, 5.41) is 6.34. The maximum atomic E-state index is 13.7. The van der Waals surface area contributed by atoms with Crippen LogP contribution in [0, 0.1) is 11.6 Å². The lowest BCUT2D eigenvalue weighted by Crippen LogP contribution is -2.24. The van der Waals surface area contributed by atoms with Crippen molar-refractivity contribution in [1.82, 2.24) is 5.43 Å². The molecule has 0 saturated heterocycles. The molecule has 0 atom stereocenters. The molecule has 2 amide bonds. The highest BCUT2D eigenvalue weighted by atomic mass is 19.1. The molecule has 1 aromatic heterocycles. The van der Waals surface area contributed by atoms with Crippen LogP contribution in [0.3, 0.4) is 0 Å². The van der Waals surface area contributed by atoms with E-state index in [9.17, 15) is 13.6 Å². The van der Waals surface area contributed by atoms with Crippen LogP contribution >= 0.6 is 0 Å². The standard InChI is InChI=1S/C18H13F2N3O2/c19-12-6-8-15(16(20)10-12)17-9-7-14(25-17)11-21-23-18(24)22-13-4-2-1-3-5-13/h1-11H,(H2,22,23,24)/b21-11-. The van der Waals surface area contributed by atoms with E-state index in [1.807, 2.05) is 6.07 Å². The fourth-order valence-corrected chi connectivity index (χ4v) is 2.09. The van der Waals surface area contributed by atoms with Crippen molar-refractivity contribution in [1.29, 1.82) is 0 Å². The fourth-order valence-electron chi connectivity index (χ4n) is 2.09. The summed E-state index contributed by atoms with van der Waals surface area (Å²) in [6.07, 6.45) is 1.27. The summed E-state index contributed by atoms with van der Waals surface area (Å²) >= 11 is 0. The topological polar surface area (TPSA) is 66.6 Å². The molecule has 1 heterocycles. The van der Waals surface area contributed by atoms with Crippen LogP contribution in [0.1, 0.15) is 5.76 Å². The molecule has 0 aliphatic carbocycles. The van der Waals surface area contributed by atoms with E-state index in [-0.39, 0.29) is 11.3 Å². The van der Waals surface area contributed by atoms with Crippen molar-refractivity contribution in [2.75, 3.05) is 5.32 Å². The summed E-state index contributed by atoms with van der Waals surface area (Å²) in [6, 6.07) is 14.7. The van der Waals surface area contributed by atoms with Crippen LogP contribution in [0.5, 0.6) is 0 Å². The first-order valence-electron chi connectivity index (χ1n) is 7.32. The zero-order valence-electron chi connectivity index (χ0n) is 12.9. The molecule has 0 aliphatic heterocycles. The van der Waals surface area contributed by atoms with Crippen LogP contribution in [-0.2, 0) is 0 Å². The van der Waals surface area contributed by atoms with Crippen LogP contribution in [0.15, 0.2) is 70.2 Å². The number of furan rings is 1. The first-order chi connectivity index (χ1) is 12.1. The fraction of sp³-hybridized carbons (Fsp3) is 0. The van der Waals surface area contributed by atoms with Crippen LogP contribution in [0.25, 0.3) is 11.3 Å². The SMILES string of the molecule is O=C(N/N=C\c1ccc(-c2ccc(F)cc2F)o1)Nc1ccccc1. The molecular formula is C18H13F2N3O2. The number of benzene rings is 2. The van der Waals surface area contributed by atoms with Gasteiger partial charge in [-0.15, -0.1) is 0 Å². The molecule has 3 rings (SSSR count). The number of carbonyl (C=O) groups excluding carboxylic acids is 1. The van der Waals surface area contributed by atoms with Crippen LogP contribution in [0.2, 0.25) is 0 Å². The van der Waals surface area contributed by atoms with E-state index in [4.69, 9.17) is 4.42 Å². The number of carbonyl (C=O) groups is 1. The molecular weight excluding hydrogens is 328 g/mol. The molecule has 2 aromatic carbocycles. The number of hydrogen-bond donors (Lipinski definition) is 2. The number of rotatable bonds is 4. The third-order valence-corrected chi connectivity index (χ3v) is 3.21. The van der Waals surface area contributed by atoms with Crippen molar-refractivity contribution < 1.29 is 18.0 Å². The summed E-state index contributed by atoms with van der Waals surface area (Å²) < 4.78 is 32.0. The first kappa shape index (κ1) is 16.4.